The second kappa shape index (κ2) is 7.34. The van der Waals surface area contributed by atoms with E-state index in [4.69, 9.17) is 4.52 Å². The normalized spacial score (nSPS) is 11.0. The molecule has 0 saturated carbocycles. The standard InChI is InChI=1S/C16H16N4OS2/c1-17-16-12(8-9-14-18-11-19-21-14)5-3-6-13(16)20(2)23-15-7-4-10-22-15/h3-11,17H,1-2H3/b9-8+. The molecule has 0 saturated heterocycles. The van der Waals surface area contributed by atoms with Crippen molar-refractivity contribution in [3.8, 4) is 0 Å². The summed E-state index contributed by atoms with van der Waals surface area (Å²) in [4.78, 5) is 4.00. The van der Waals surface area contributed by atoms with Crippen LogP contribution in [0.15, 0.2) is 50.8 Å². The van der Waals surface area contributed by atoms with Gasteiger partial charge in [0.25, 0.3) is 0 Å². The van der Waals surface area contributed by atoms with Gasteiger partial charge in [-0.25, -0.2) is 0 Å². The van der Waals surface area contributed by atoms with Crippen LogP contribution >= 0.6 is 23.3 Å². The van der Waals surface area contributed by atoms with Gasteiger partial charge in [-0.05, 0) is 41.1 Å². The number of nitrogens with one attached hydrogen (secondary N) is 1. The van der Waals surface area contributed by atoms with Gasteiger partial charge in [0.05, 0.1) is 15.6 Å². The van der Waals surface area contributed by atoms with Crippen molar-refractivity contribution in [3.05, 3.63) is 53.5 Å². The fourth-order valence-corrected chi connectivity index (χ4v) is 3.93. The summed E-state index contributed by atoms with van der Waals surface area (Å²) in [6, 6.07) is 10.4. The van der Waals surface area contributed by atoms with E-state index in [2.05, 4.69) is 50.4 Å². The Bertz CT molecular complexity index is 769. The Morgan fingerprint density at radius 2 is 2.17 bits per heavy atom. The highest BCUT2D eigenvalue weighted by Crippen LogP contribution is 2.36. The number of anilines is 2. The minimum absolute atomic E-state index is 0.485. The summed E-state index contributed by atoms with van der Waals surface area (Å²) < 4.78 is 8.40. The van der Waals surface area contributed by atoms with Crippen molar-refractivity contribution in [2.24, 2.45) is 0 Å². The van der Waals surface area contributed by atoms with E-state index in [1.165, 1.54) is 10.5 Å². The van der Waals surface area contributed by atoms with Crippen LogP contribution in [0.4, 0.5) is 11.4 Å². The number of nitrogens with zero attached hydrogens (tertiary/aromatic N) is 3. The molecule has 0 amide bonds. The van der Waals surface area contributed by atoms with Gasteiger partial charge in [-0.15, -0.1) is 11.3 Å². The lowest BCUT2D eigenvalue weighted by atomic mass is 10.1. The smallest absolute Gasteiger partial charge is 0.250 e. The molecule has 0 aliphatic rings. The van der Waals surface area contributed by atoms with Crippen molar-refractivity contribution in [3.63, 3.8) is 0 Å². The second-order valence-electron chi connectivity index (χ2n) is 4.63. The predicted octanol–water partition coefficient (Wildman–Crippen LogP) is 4.49. The maximum atomic E-state index is 5.00. The number of rotatable bonds is 6. The number of thiophene rings is 1. The Balaban J connectivity index is 1.87. The molecule has 3 aromatic rings. The van der Waals surface area contributed by atoms with Crippen LogP contribution in [-0.2, 0) is 0 Å². The molecule has 23 heavy (non-hydrogen) atoms. The van der Waals surface area contributed by atoms with Crippen LogP contribution in [0.1, 0.15) is 11.5 Å². The first-order valence-corrected chi connectivity index (χ1v) is 8.64. The summed E-state index contributed by atoms with van der Waals surface area (Å²) >= 11 is 3.44. The van der Waals surface area contributed by atoms with Crippen molar-refractivity contribution in [2.75, 3.05) is 23.7 Å². The largest absolute Gasteiger partial charge is 0.386 e. The van der Waals surface area contributed by atoms with Gasteiger partial charge in [0.2, 0.25) is 5.89 Å². The first-order chi connectivity index (χ1) is 11.3. The summed E-state index contributed by atoms with van der Waals surface area (Å²) in [5, 5.41) is 8.97. The molecule has 7 heteroatoms. The van der Waals surface area contributed by atoms with Gasteiger partial charge in [-0.1, -0.05) is 23.4 Å². The van der Waals surface area contributed by atoms with Crippen LogP contribution in [0.3, 0.4) is 0 Å². The van der Waals surface area contributed by atoms with Gasteiger partial charge in [-0.2, -0.15) is 4.98 Å². The van der Waals surface area contributed by atoms with Crippen LogP contribution in [0.25, 0.3) is 12.2 Å². The molecular weight excluding hydrogens is 328 g/mol. The quantitative estimate of drug-likeness (QED) is 0.665. The van der Waals surface area contributed by atoms with E-state index >= 15 is 0 Å². The summed E-state index contributed by atoms with van der Waals surface area (Å²) in [5.41, 5.74) is 3.22. The highest BCUT2D eigenvalue weighted by atomic mass is 32.2. The third-order valence-corrected chi connectivity index (χ3v) is 5.13. The maximum absolute atomic E-state index is 5.00. The topological polar surface area (TPSA) is 54.2 Å². The summed E-state index contributed by atoms with van der Waals surface area (Å²) in [7, 11) is 3.98. The Hall–Kier alpha value is -2.25. The average molecular weight is 344 g/mol. The SMILES string of the molecule is CNc1c(/C=C/c2ncno2)cccc1N(C)Sc1cccs1. The lowest BCUT2D eigenvalue weighted by molar-refractivity contribution is 0.409. The van der Waals surface area contributed by atoms with Gasteiger partial charge < -0.3 is 14.1 Å². The molecule has 2 aromatic heterocycles. The zero-order valence-corrected chi connectivity index (χ0v) is 14.4. The van der Waals surface area contributed by atoms with Crippen LogP contribution in [0.2, 0.25) is 0 Å². The van der Waals surface area contributed by atoms with Gasteiger partial charge >= 0.3 is 0 Å². The second-order valence-corrected chi connectivity index (χ2v) is 7.00. The zero-order chi connectivity index (χ0) is 16.1. The minimum Gasteiger partial charge on any atom is -0.386 e. The molecule has 118 valence electrons. The fourth-order valence-electron chi connectivity index (χ4n) is 2.15. The van der Waals surface area contributed by atoms with Crippen molar-refractivity contribution in [2.45, 2.75) is 4.21 Å². The number of hydrogen-bond acceptors (Lipinski definition) is 7. The highest BCUT2D eigenvalue weighted by molar-refractivity contribution is 8.02. The molecule has 0 unspecified atom stereocenters. The first-order valence-electron chi connectivity index (χ1n) is 6.98. The molecule has 0 fully saturated rings. The van der Waals surface area contributed by atoms with Gasteiger partial charge in [-0.3, -0.25) is 0 Å². The number of benzene rings is 1. The molecule has 0 atom stereocenters. The Labute approximate surface area is 143 Å². The lowest BCUT2D eigenvalue weighted by Crippen LogP contribution is -2.09. The maximum Gasteiger partial charge on any atom is 0.250 e. The van der Waals surface area contributed by atoms with Crippen molar-refractivity contribution >= 4 is 46.8 Å². The third-order valence-electron chi connectivity index (χ3n) is 3.17. The molecule has 0 spiro atoms. The number of hydrogen-bond donors (Lipinski definition) is 1. The predicted molar refractivity (Wildman–Crippen MR) is 97.8 cm³/mol. The third kappa shape index (κ3) is 3.75. The Kier molecular flexibility index (Phi) is 4.99. The summed E-state index contributed by atoms with van der Waals surface area (Å²) in [6.45, 7) is 0. The first kappa shape index (κ1) is 15.6. The van der Waals surface area contributed by atoms with Crippen molar-refractivity contribution in [1.29, 1.82) is 0 Å². The number of aromatic nitrogens is 2. The minimum atomic E-state index is 0.485. The highest BCUT2D eigenvalue weighted by Gasteiger charge is 2.11. The van der Waals surface area contributed by atoms with Crippen LogP contribution in [0, 0.1) is 0 Å². The molecule has 3 rings (SSSR count). The van der Waals surface area contributed by atoms with Crippen LogP contribution in [0.5, 0.6) is 0 Å². The summed E-state index contributed by atoms with van der Waals surface area (Å²) in [6.07, 6.45) is 5.16. The van der Waals surface area contributed by atoms with E-state index < -0.39 is 0 Å². The molecule has 0 aliphatic heterocycles. The molecule has 2 heterocycles. The van der Waals surface area contributed by atoms with E-state index in [9.17, 15) is 0 Å². The van der Waals surface area contributed by atoms with E-state index in [1.54, 1.807) is 29.4 Å². The van der Waals surface area contributed by atoms with Crippen LogP contribution in [-0.4, -0.2) is 24.2 Å². The average Bonchev–Trinajstić information content (AvgIpc) is 3.26. The molecular formula is C16H16N4OS2. The summed E-state index contributed by atoms with van der Waals surface area (Å²) in [5.74, 6) is 0.485. The molecule has 0 bridgehead atoms. The van der Waals surface area contributed by atoms with Gasteiger partial charge in [0.15, 0.2) is 6.33 Å². The monoisotopic (exact) mass is 344 g/mol. The van der Waals surface area contributed by atoms with Crippen LogP contribution < -0.4 is 9.62 Å². The molecule has 1 aromatic carbocycles. The lowest BCUT2D eigenvalue weighted by Gasteiger charge is -2.21. The van der Waals surface area contributed by atoms with Gasteiger partial charge in [0, 0.05) is 20.2 Å². The van der Waals surface area contributed by atoms with E-state index in [1.807, 2.05) is 25.3 Å². The molecule has 5 nitrogen and oxygen atoms in total. The Morgan fingerprint density at radius 1 is 1.26 bits per heavy atom. The van der Waals surface area contributed by atoms with E-state index in [0.717, 1.165) is 16.9 Å². The fraction of sp³-hybridized carbons (Fsp3) is 0.125. The van der Waals surface area contributed by atoms with Gasteiger partial charge in [0.1, 0.15) is 0 Å². The zero-order valence-electron chi connectivity index (χ0n) is 12.8. The van der Waals surface area contributed by atoms with Crippen molar-refractivity contribution < 1.29 is 4.52 Å². The number of para-hydroxylation sites is 1. The Morgan fingerprint density at radius 3 is 2.87 bits per heavy atom. The molecule has 0 aliphatic carbocycles. The van der Waals surface area contributed by atoms with Crippen molar-refractivity contribution in [1.82, 2.24) is 10.1 Å². The molecule has 1 N–H and O–H groups in total. The molecule has 0 radical (unpaired) electrons. The van der Waals surface area contributed by atoms with E-state index in [-0.39, 0.29) is 0 Å². The van der Waals surface area contributed by atoms with E-state index in [0.29, 0.717) is 5.89 Å².